The fraction of sp³-hybridized carbons (Fsp3) is 0.0870. The molecule has 8 heteroatoms. The van der Waals surface area contributed by atoms with Crippen molar-refractivity contribution >= 4 is 23.8 Å². The average Bonchev–Trinajstić information content (AvgIpc) is 2.75. The van der Waals surface area contributed by atoms with Crippen molar-refractivity contribution in [2.75, 3.05) is 0 Å². The van der Waals surface area contributed by atoms with Crippen molar-refractivity contribution in [2.45, 2.75) is 13.8 Å². The van der Waals surface area contributed by atoms with Gasteiger partial charge in [-0.25, -0.2) is 10.2 Å². The number of esters is 1. The summed E-state index contributed by atoms with van der Waals surface area (Å²) < 4.78 is 5.41. The second kappa shape index (κ2) is 9.45. The number of nitro groups is 1. The molecule has 0 aliphatic heterocycles. The number of aryl methyl sites for hydroxylation is 2. The molecule has 0 saturated carbocycles. The number of nitrogens with zero attached hydrogens (tertiary/aromatic N) is 2. The van der Waals surface area contributed by atoms with Crippen LogP contribution < -0.4 is 10.2 Å². The number of hydrazone groups is 1. The van der Waals surface area contributed by atoms with Crippen LogP contribution >= 0.6 is 0 Å². The molecule has 3 aromatic carbocycles. The lowest BCUT2D eigenvalue weighted by Gasteiger charge is -2.08. The minimum absolute atomic E-state index is 0.0745. The molecular weight excluding hydrogens is 398 g/mol. The van der Waals surface area contributed by atoms with E-state index < -0.39 is 16.8 Å². The number of rotatable bonds is 6. The van der Waals surface area contributed by atoms with Crippen LogP contribution in [0.4, 0.5) is 5.69 Å². The molecule has 31 heavy (non-hydrogen) atoms. The van der Waals surface area contributed by atoms with Crippen LogP contribution in [-0.2, 0) is 0 Å². The molecule has 0 spiro atoms. The van der Waals surface area contributed by atoms with E-state index >= 15 is 0 Å². The minimum atomic E-state index is -0.615. The van der Waals surface area contributed by atoms with Crippen LogP contribution in [0.3, 0.4) is 0 Å². The van der Waals surface area contributed by atoms with Gasteiger partial charge in [-0.1, -0.05) is 35.4 Å². The highest BCUT2D eigenvalue weighted by Crippen LogP contribution is 2.24. The standard InChI is InChI=1S/C23H19N3O5/c1-15-6-8-17(9-7-15)22(27)25-24-14-19-13-20(26(29)30)10-11-21(19)31-23(28)18-5-3-4-16(2)12-18/h3-14H,1-2H3,(H,25,27)/b24-14+. The first-order chi connectivity index (χ1) is 14.8. The van der Waals surface area contributed by atoms with E-state index in [2.05, 4.69) is 10.5 Å². The van der Waals surface area contributed by atoms with Gasteiger partial charge in [0.05, 0.1) is 16.7 Å². The topological polar surface area (TPSA) is 111 Å². The predicted octanol–water partition coefficient (Wildman–Crippen LogP) is 4.19. The first-order valence-corrected chi connectivity index (χ1v) is 9.31. The molecular formula is C23H19N3O5. The van der Waals surface area contributed by atoms with E-state index in [1.807, 2.05) is 19.9 Å². The van der Waals surface area contributed by atoms with Crippen LogP contribution in [0.1, 0.15) is 37.4 Å². The van der Waals surface area contributed by atoms with E-state index in [4.69, 9.17) is 4.74 Å². The maximum Gasteiger partial charge on any atom is 0.343 e. The smallest absolute Gasteiger partial charge is 0.343 e. The summed E-state index contributed by atoms with van der Waals surface area (Å²) in [6.45, 7) is 3.75. The Hall–Kier alpha value is -4.33. The van der Waals surface area contributed by atoms with Crippen LogP contribution in [0.15, 0.2) is 71.8 Å². The summed E-state index contributed by atoms with van der Waals surface area (Å²) in [7, 11) is 0. The quantitative estimate of drug-likeness (QED) is 0.212. The van der Waals surface area contributed by atoms with Crippen LogP contribution in [0.25, 0.3) is 0 Å². The number of benzene rings is 3. The van der Waals surface area contributed by atoms with Crippen molar-refractivity contribution in [2.24, 2.45) is 5.10 Å². The van der Waals surface area contributed by atoms with Crippen LogP contribution in [0.5, 0.6) is 5.75 Å². The van der Waals surface area contributed by atoms with Crippen molar-refractivity contribution < 1.29 is 19.2 Å². The highest BCUT2D eigenvalue weighted by Gasteiger charge is 2.15. The Morgan fingerprint density at radius 3 is 2.39 bits per heavy atom. The predicted molar refractivity (Wildman–Crippen MR) is 115 cm³/mol. The molecule has 1 N–H and O–H groups in total. The zero-order valence-corrected chi connectivity index (χ0v) is 16.9. The summed E-state index contributed by atoms with van der Waals surface area (Å²) in [5, 5.41) is 15.0. The third-order valence-corrected chi connectivity index (χ3v) is 4.34. The number of non-ortho nitro benzene ring substituents is 1. The lowest BCUT2D eigenvalue weighted by Crippen LogP contribution is -2.17. The zero-order chi connectivity index (χ0) is 22.4. The van der Waals surface area contributed by atoms with Gasteiger partial charge in [0.25, 0.3) is 11.6 Å². The lowest BCUT2D eigenvalue weighted by molar-refractivity contribution is -0.384. The van der Waals surface area contributed by atoms with Crippen molar-refractivity contribution in [1.82, 2.24) is 5.43 Å². The minimum Gasteiger partial charge on any atom is -0.422 e. The molecule has 0 aliphatic rings. The van der Waals surface area contributed by atoms with Gasteiger partial charge in [-0.2, -0.15) is 5.10 Å². The Morgan fingerprint density at radius 1 is 0.968 bits per heavy atom. The maximum atomic E-state index is 12.5. The third kappa shape index (κ3) is 5.60. The second-order valence-electron chi connectivity index (χ2n) is 6.80. The molecule has 1 amide bonds. The second-order valence-corrected chi connectivity index (χ2v) is 6.80. The monoisotopic (exact) mass is 417 g/mol. The van der Waals surface area contributed by atoms with Crippen LogP contribution in [0, 0.1) is 24.0 Å². The Labute approximate surface area is 178 Å². The Balaban J connectivity index is 1.81. The van der Waals surface area contributed by atoms with E-state index in [-0.39, 0.29) is 17.0 Å². The molecule has 0 atom stereocenters. The van der Waals surface area contributed by atoms with E-state index in [0.717, 1.165) is 11.1 Å². The van der Waals surface area contributed by atoms with Gasteiger partial charge >= 0.3 is 5.97 Å². The third-order valence-electron chi connectivity index (χ3n) is 4.34. The molecule has 0 unspecified atom stereocenters. The molecule has 0 fully saturated rings. The molecule has 0 heterocycles. The van der Waals surface area contributed by atoms with Gasteiger partial charge in [-0.05, 0) is 44.2 Å². The summed E-state index contributed by atoms with van der Waals surface area (Å²) in [5.41, 5.74) is 4.97. The molecule has 3 rings (SSSR count). The average molecular weight is 417 g/mol. The molecule has 8 nitrogen and oxygen atoms in total. The van der Waals surface area contributed by atoms with Crippen LogP contribution in [0.2, 0.25) is 0 Å². The highest BCUT2D eigenvalue weighted by molar-refractivity contribution is 5.96. The van der Waals surface area contributed by atoms with Gasteiger partial charge in [-0.15, -0.1) is 0 Å². The highest BCUT2D eigenvalue weighted by atomic mass is 16.6. The molecule has 0 radical (unpaired) electrons. The molecule has 0 aromatic heterocycles. The van der Waals surface area contributed by atoms with Gasteiger partial charge in [0.2, 0.25) is 0 Å². The first-order valence-electron chi connectivity index (χ1n) is 9.31. The Morgan fingerprint density at radius 2 is 1.71 bits per heavy atom. The van der Waals surface area contributed by atoms with E-state index in [1.165, 1.54) is 24.4 Å². The Bertz CT molecular complexity index is 1170. The normalized spacial score (nSPS) is 10.6. The van der Waals surface area contributed by atoms with Crippen LogP contribution in [-0.4, -0.2) is 23.0 Å². The van der Waals surface area contributed by atoms with Gasteiger partial charge in [0.1, 0.15) is 5.75 Å². The molecule has 3 aromatic rings. The summed E-state index contributed by atoms with van der Waals surface area (Å²) in [4.78, 5) is 35.2. The lowest BCUT2D eigenvalue weighted by atomic mass is 10.1. The fourth-order valence-electron chi connectivity index (χ4n) is 2.70. The number of carbonyl (C=O) groups is 2. The fourth-order valence-corrected chi connectivity index (χ4v) is 2.70. The number of amides is 1. The summed E-state index contributed by atoms with van der Waals surface area (Å²) >= 11 is 0. The molecule has 0 aliphatic carbocycles. The summed E-state index contributed by atoms with van der Waals surface area (Å²) in [5.74, 6) is -0.985. The number of nitrogens with one attached hydrogen (secondary N) is 1. The first kappa shape index (κ1) is 21.4. The summed E-state index contributed by atoms with van der Waals surface area (Å²) in [6, 6.07) is 17.5. The van der Waals surface area contributed by atoms with E-state index in [9.17, 15) is 19.7 Å². The van der Waals surface area contributed by atoms with Crippen molar-refractivity contribution in [3.63, 3.8) is 0 Å². The SMILES string of the molecule is Cc1ccc(C(=O)N/N=C/c2cc([N+](=O)[O-])ccc2OC(=O)c2cccc(C)c2)cc1. The van der Waals surface area contributed by atoms with Gasteiger partial charge in [0, 0.05) is 23.3 Å². The van der Waals surface area contributed by atoms with Gasteiger partial charge in [0.15, 0.2) is 0 Å². The van der Waals surface area contributed by atoms with Crippen molar-refractivity contribution in [1.29, 1.82) is 0 Å². The number of carbonyl (C=O) groups excluding carboxylic acids is 2. The molecule has 0 bridgehead atoms. The number of hydrogen-bond donors (Lipinski definition) is 1. The molecule has 156 valence electrons. The van der Waals surface area contributed by atoms with E-state index in [1.54, 1.807) is 42.5 Å². The number of ether oxygens (including phenoxy) is 1. The van der Waals surface area contributed by atoms with Gasteiger partial charge in [-0.3, -0.25) is 14.9 Å². The zero-order valence-electron chi connectivity index (χ0n) is 16.9. The largest absolute Gasteiger partial charge is 0.422 e. The van der Waals surface area contributed by atoms with Gasteiger partial charge < -0.3 is 4.74 Å². The van der Waals surface area contributed by atoms with Crippen molar-refractivity contribution in [3.8, 4) is 5.75 Å². The van der Waals surface area contributed by atoms with Crippen molar-refractivity contribution in [3.05, 3.63) is 105 Å². The number of nitro benzene ring substituents is 1. The summed E-state index contributed by atoms with van der Waals surface area (Å²) in [6.07, 6.45) is 1.19. The maximum absolute atomic E-state index is 12.5. The van der Waals surface area contributed by atoms with E-state index in [0.29, 0.717) is 11.1 Å². The number of hydrogen-bond acceptors (Lipinski definition) is 6. The molecule has 0 saturated heterocycles. The Kier molecular flexibility index (Phi) is 6.51.